The molecule has 1 fully saturated rings. The largest absolute Gasteiger partial charge is 0.318 e. The van der Waals surface area contributed by atoms with E-state index in [1.807, 2.05) is 0 Å². The highest BCUT2D eigenvalue weighted by atomic mass is 15.4. The van der Waals surface area contributed by atoms with Gasteiger partial charge in [-0.15, -0.1) is 0 Å². The van der Waals surface area contributed by atoms with E-state index in [-0.39, 0.29) is 0 Å². The Morgan fingerprint density at radius 2 is 1.81 bits per heavy atom. The summed E-state index contributed by atoms with van der Waals surface area (Å²) in [5.41, 5.74) is 1.46. The highest BCUT2D eigenvalue weighted by Gasteiger charge is 2.28. The Morgan fingerprint density at radius 3 is 2.44 bits per heavy atom. The Bertz CT molecular complexity index is 296. The van der Waals surface area contributed by atoms with Gasteiger partial charge >= 0.3 is 0 Å². The van der Waals surface area contributed by atoms with Gasteiger partial charge in [0.15, 0.2) is 0 Å². The van der Waals surface area contributed by atoms with Crippen molar-refractivity contribution < 1.29 is 4.48 Å². The average Bonchev–Trinajstić information content (AvgIpc) is 2.31. The molecule has 16 heavy (non-hydrogen) atoms. The van der Waals surface area contributed by atoms with Crippen LogP contribution in [0.15, 0.2) is 30.3 Å². The predicted octanol–water partition coefficient (Wildman–Crippen LogP) is 1.83. The molecule has 0 unspecified atom stereocenters. The maximum Gasteiger partial charge on any atom is 0.104 e. The lowest BCUT2D eigenvalue weighted by atomic mass is 10.1. The molecule has 0 bridgehead atoms. The van der Waals surface area contributed by atoms with Crippen LogP contribution in [-0.4, -0.2) is 37.2 Å². The van der Waals surface area contributed by atoms with Gasteiger partial charge in [-0.05, 0) is 13.3 Å². The standard InChI is InChI=1S/C14H22N2/c1-2-10-16(11-8-15-9-12-16)13-14-6-4-3-5-7-14/h3-7,15H,1-2,8-13H2/q+1. The number of nitrogens with zero attached hydrogens (tertiary/aromatic N) is 1. The molecule has 1 aromatic carbocycles. The van der Waals surface area contributed by atoms with Crippen LogP contribution in [-0.2, 0) is 6.54 Å². The van der Waals surface area contributed by atoms with Crippen molar-refractivity contribution >= 4 is 0 Å². The second-order valence-corrected chi connectivity index (χ2v) is 4.76. The first-order chi connectivity index (χ1) is 7.85. The molecule has 2 heteroatoms. The third-order valence-corrected chi connectivity index (χ3v) is 3.52. The van der Waals surface area contributed by atoms with E-state index in [9.17, 15) is 0 Å². The van der Waals surface area contributed by atoms with Crippen LogP contribution in [0.4, 0.5) is 0 Å². The van der Waals surface area contributed by atoms with Gasteiger partial charge < -0.3 is 9.80 Å². The van der Waals surface area contributed by atoms with E-state index in [0.29, 0.717) is 0 Å². The average molecular weight is 218 g/mol. The molecule has 0 aliphatic carbocycles. The number of rotatable bonds is 4. The fraction of sp³-hybridized carbons (Fsp3) is 0.500. The molecule has 1 heterocycles. The van der Waals surface area contributed by atoms with Crippen LogP contribution >= 0.6 is 0 Å². The SMILES string of the molecule is [CH2]CC[N+]1(Cc2ccccc2)CCNCC1. The van der Waals surface area contributed by atoms with Gasteiger partial charge in [-0.2, -0.15) is 0 Å². The first kappa shape index (κ1) is 11.6. The smallest absolute Gasteiger partial charge is 0.104 e. The first-order valence-corrected chi connectivity index (χ1v) is 6.24. The molecule has 0 spiro atoms. The Balaban J connectivity index is 2.07. The zero-order valence-corrected chi connectivity index (χ0v) is 9.99. The van der Waals surface area contributed by atoms with Crippen LogP contribution in [0, 0.1) is 6.92 Å². The van der Waals surface area contributed by atoms with Crippen molar-refractivity contribution in [2.24, 2.45) is 0 Å². The summed E-state index contributed by atoms with van der Waals surface area (Å²) in [6, 6.07) is 10.8. The Kier molecular flexibility index (Phi) is 3.97. The van der Waals surface area contributed by atoms with Gasteiger partial charge in [-0.3, -0.25) is 0 Å². The summed E-state index contributed by atoms with van der Waals surface area (Å²) in [7, 11) is 0. The Hall–Kier alpha value is -0.860. The topological polar surface area (TPSA) is 12.0 Å². The quantitative estimate of drug-likeness (QED) is 0.760. The summed E-state index contributed by atoms with van der Waals surface area (Å²) in [5.74, 6) is 0. The lowest BCUT2D eigenvalue weighted by Gasteiger charge is -2.41. The summed E-state index contributed by atoms with van der Waals surface area (Å²) in [6.45, 7) is 11.2. The van der Waals surface area contributed by atoms with Gasteiger partial charge in [0.25, 0.3) is 0 Å². The highest BCUT2D eigenvalue weighted by Crippen LogP contribution is 2.16. The monoisotopic (exact) mass is 218 g/mol. The van der Waals surface area contributed by atoms with E-state index in [1.54, 1.807) is 0 Å². The molecule has 87 valence electrons. The van der Waals surface area contributed by atoms with Crippen molar-refractivity contribution in [3.8, 4) is 0 Å². The molecule has 1 radical (unpaired) electrons. The highest BCUT2D eigenvalue weighted by molar-refractivity contribution is 5.13. The zero-order valence-electron chi connectivity index (χ0n) is 9.99. The molecule has 0 atom stereocenters. The van der Waals surface area contributed by atoms with E-state index < -0.39 is 0 Å². The second kappa shape index (κ2) is 5.46. The van der Waals surface area contributed by atoms with Crippen molar-refractivity contribution in [1.82, 2.24) is 5.32 Å². The Labute approximate surface area is 98.9 Å². The van der Waals surface area contributed by atoms with Crippen LogP contribution in [0.1, 0.15) is 12.0 Å². The maximum atomic E-state index is 4.03. The summed E-state index contributed by atoms with van der Waals surface area (Å²) < 4.78 is 1.21. The molecule has 1 aliphatic rings. The van der Waals surface area contributed by atoms with E-state index in [4.69, 9.17) is 0 Å². The third-order valence-electron chi connectivity index (χ3n) is 3.52. The van der Waals surface area contributed by atoms with Gasteiger partial charge in [-0.25, -0.2) is 0 Å². The van der Waals surface area contributed by atoms with E-state index in [1.165, 1.54) is 29.7 Å². The van der Waals surface area contributed by atoms with Gasteiger partial charge in [0.1, 0.15) is 6.54 Å². The molecule has 0 amide bonds. The number of quaternary nitrogens is 1. The summed E-state index contributed by atoms with van der Waals surface area (Å²) >= 11 is 0. The molecule has 2 rings (SSSR count). The van der Waals surface area contributed by atoms with Crippen LogP contribution in [0.5, 0.6) is 0 Å². The van der Waals surface area contributed by atoms with Gasteiger partial charge in [0.2, 0.25) is 0 Å². The normalized spacial score (nSPS) is 19.6. The Morgan fingerprint density at radius 1 is 1.12 bits per heavy atom. The molecule has 1 N–H and O–H groups in total. The lowest BCUT2D eigenvalue weighted by molar-refractivity contribution is -0.942. The van der Waals surface area contributed by atoms with Gasteiger partial charge in [0, 0.05) is 18.7 Å². The molecule has 1 aromatic rings. The predicted molar refractivity (Wildman–Crippen MR) is 67.9 cm³/mol. The van der Waals surface area contributed by atoms with Crippen molar-refractivity contribution in [1.29, 1.82) is 0 Å². The van der Waals surface area contributed by atoms with E-state index in [0.717, 1.165) is 26.1 Å². The number of benzene rings is 1. The van der Waals surface area contributed by atoms with E-state index in [2.05, 4.69) is 42.6 Å². The zero-order chi connectivity index (χ0) is 11.3. The van der Waals surface area contributed by atoms with Crippen LogP contribution in [0.2, 0.25) is 0 Å². The number of hydrogen-bond donors (Lipinski definition) is 1. The molecule has 0 aromatic heterocycles. The third kappa shape index (κ3) is 2.83. The maximum absolute atomic E-state index is 4.03. The fourth-order valence-corrected chi connectivity index (χ4v) is 2.64. The van der Waals surface area contributed by atoms with Crippen molar-refractivity contribution in [2.45, 2.75) is 13.0 Å². The van der Waals surface area contributed by atoms with Crippen molar-refractivity contribution in [3.05, 3.63) is 42.8 Å². The van der Waals surface area contributed by atoms with Crippen LogP contribution in [0.3, 0.4) is 0 Å². The molecule has 1 aliphatic heterocycles. The number of hydrogen-bond acceptors (Lipinski definition) is 1. The molecular weight excluding hydrogens is 196 g/mol. The van der Waals surface area contributed by atoms with Gasteiger partial charge in [0.05, 0.1) is 19.6 Å². The molecule has 2 nitrogen and oxygen atoms in total. The van der Waals surface area contributed by atoms with Crippen LogP contribution < -0.4 is 5.32 Å². The minimum Gasteiger partial charge on any atom is -0.318 e. The first-order valence-electron chi connectivity index (χ1n) is 6.24. The number of piperazine rings is 1. The fourth-order valence-electron chi connectivity index (χ4n) is 2.64. The number of nitrogens with one attached hydrogen (secondary N) is 1. The second-order valence-electron chi connectivity index (χ2n) is 4.76. The van der Waals surface area contributed by atoms with Gasteiger partial charge in [-0.1, -0.05) is 30.3 Å². The van der Waals surface area contributed by atoms with E-state index >= 15 is 0 Å². The molecule has 1 saturated heterocycles. The summed E-state index contributed by atoms with van der Waals surface area (Å²) in [6.07, 6.45) is 1.03. The molecular formula is C14H22N2+. The summed E-state index contributed by atoms with van der Waals surface area (Å²) in [4.78, 5) is 0. The minimum absolute atomic E-state index is 1.03. The van der Waals surface area contributed by atoms with Crippen molar-refractivity contribution in [3.63, 3.8) is 0 Å². The molecule has 0 saturated carbocycles. The summed E-state index contributed by atoms with van der Waals surface area (Å²) in [5, 5.41) is 3.45. The van der Waals surface area contributed by atoms with Crippen molar-refractivity contribution in [2.75, 3.05) is 32.7 Å². The lowest BCUT2D eigenvalue weighted by Crippen LogP contribution is -2.58. The van der Waals surface area contributed by atoms with Crippen LogP contribution in [0.25, 0.3) is 0 Å². The minimum atomic E-state index is 1.03.